The third-order valence-electron chi connectivity index (χ3n) is 2.63. The van der Waals surface area contributed by atoms with E-state index in [0.29, 0.717) is 25.3 Å². The van der Waals surface area contributed by atoms with Crippen LogP contribution in [0.2, 0.25) is 0 Å². The maximum Gasteiger partial charge on any atom is 1.00 e. The van der Waals surface area contributed by atoms with E-state index >= 15 is 0 Å². The molecular weight excluding hydrogens is 301 g/mol. The van der Waals surface area contributed by atoms with Crippen molar-refractivity contribution in [1.82, 2.24) is 4.90 Å². The fourth-order valence-corrected chi connectivity index (χ4v) is 2.81. The average molecular weight is 315 g/mol. The Labute approximate surface area is 138 Å². The van der Waals surface area contributed by atoms with Gasteiger partial charge < -0.3 is 14.0 Å². The Morgan fingerprint density at radius 3 is 2.84 bits per heavy atom. The Bertz CT molecular complexity index is 504. The van der Waals surface area contributed by atoms with Gasteiger partial charge in [-0.25, -0.2) is 8.42 Å². The molecule has 1 atom stereocenters. The Kier molecular flexibility index (Phi) is 6.58. The number of ether oxygens (including phenoxy) is 2. The van der Waals surface area contributed by atoms with Crippen LogP contribution in [-0.2, 0) is 10.1 Å². The topological polar surface area (TPSA) is 78.9 Å². The fraction of sp³-hybridized carbons (Fsp3) is 0.600. The van der Waals surface area contributed by atoms with E-state index in [2.05, 4.69) is 0 Å². The molecule has 0 amide bonds. The molecular formula is C10H14NNaO5S2. The van der Waals surface area contributed by atoms with Crippen molar-refractivity contribution in [2.75, 3.05) is 26.0 Å². The minimum absolute atomic E-state index is 0. The Hall–Kier alpha value is 0.170. The van der Waals surface area contributed by atoms with E-state index < -0.39 is 10.1 Å². The minimum Gasteiger partial charge on any atom is -0.748 e. The van der Waals surface area contributed by atoms with Gasteiger partial charge in [0.05, 0.1) is 10.1 Å². The summed E-state index contributed by atoms with van der Waals surface area (Å²) < 4.78 is 42.7. The molecule has 1 aromatic heterocycles. The molecule has 0 radical (unpaired) electrons. The first-order valence-electron chi connectivity index (χ1n) is 5.45. The van der Waals surface area contributed by atoms with Gasteiger partial charge in [-0.15, -0.1) is 11.3 Å². The molecule has 9 heteroatoms. The van der Waals surface area contributed by atoms with Crippen molar-refractivity contribution in [2.45, 2.75) is 12.6 Å². The van der Waals surface area contributed by atoms with E-state index in [1.54, 1.807) is 0 Å². The van der Waals surface area contributed by atoms with Gasteiger partial charge in [-0.2, -0.15) is 0 Å². The predicted molar refractivity (Wildman–Crippen MR) is 66.0 cm³/mol. The molecule has 2 heterocycles. The van der Waals surface area contributed by atoms with Gasteiger partial charge in [-0.3, -0.25) is 4.90 Å². The van der Waals surface area contributed by atoms with Crippen LogP contribution in [-0.4, -0.2) is 50.1 Å². The second-order valence-electron chi connectivity index (χ2n) is 4.08. The Morgan fingerprint density at radius 2 is 2.16 bits per heavy atom. The molecule has 1 unspecified atom stereocenters. The number of hydrogen-bond donors (Lipinski definition) is 0. The van der Waals surface area contributed by atoms with Crippen molar-refractivity contribution < 1.29 is 52.0 Å². The van der Waals surface area contributed by atoms with Gasteiger partial charge in [0, 0.05) is 23.1 Å². The summed E-state index contributed by atoms with van der Waals surface area (Å²) in [6, 6.07) is 0. The van der Waals surface area contributed by atoms with Crippen LogP contribution in [0.1, 0.15) is 6.42 Å². The quantitative estimate of drug-likeness (QED) is 0.450. The Balaban J connectivity index is 0.00000180. The summed E-state index contributed by atoms with van der Waals surface area (Å²) in [5, 5.41) is 3.73. The minimum atomic E-state index is -4.14. The monoisotopic (exact) mass is 315 g/mol. The van der Waals surface area contributed by atoms with Crippen molar-refractivity contribution >= 4 is 21.5 Å². The molecule has 19 heavy (non-hydrogen) atoms. The van der Waals surface area contributed by atoms with Gasteiger partial charge in [-0.1, -0.05) is 0 Å². The van der Waals surface area contributed by atoms with Gasteiger partial charge in [0.2, 0.25) is 0 Å². The van der Waals surface area contributed by atoms with Crippen LogP contribution in [0.3, 0.4) is 0 Å². The van der Waals surface area contributed by atoms with Crippen LogP contribution in [0.4, 0.5) is 0 Å². The van der Waals surface area contributed by atoms with Gasteiger partial charge >= 0.3 is 29.6 Å². The van der Waals surface area contributed by atoms with Crippen molar-refractivity contribution in [1.29, 1.82) is 0 Å². The molecule has 0 aliphatic carbocycles. The van der Waals surface area contributed by atoms with E-state index in [1.165, 1.54) is 11.3 Å². The molecule has 6 nitrogen and oxygen atoms in total. The zero-order valence-corrected chi connectivity index (χ0v) is 14.5. The molecule has 0 N–H and O–H groups in total. The second kappa shape index (κ2) is 7.26. The van der Waals surface area contributed by atoms with Crippen LogP contribution in [0, 0.1) is 0 Å². The number of nitrogens with zero attached hydrogens (tertiary/aromatic N) is 1. The Morgan fingerprint density at radius 1 is 1.47 bits per heavy atom. The van der Waals surface area contributed by atoms with Crippen molar-refractivity contribution in [2.24, 2.45) is 0 Å². The summed E-state index contributed by atoms with van der Waals surface area (Å²) in [5.41, 5.74) is 0. The summed E-state index contributed by atoms with van der Waals surface area (Å²) in [6.45, 7) is 0.860. The van der Waals surface area contributed by atoms with Gasteiger partial charge in [0.25, 0.3) is 0 Å². The molecule has 0 saturated heterocycles. The smallest absolute Gasteiger partial charge is 0.748 e. The number of thiophene rings is 1. The first-order valence-corrected chi connectivity index (χ1v) is 7.97. The first-order chi connectivity index (χ1) is 8.46. The number of fused-ring (bicyclic) bond motifs is 1. The normalized spacial score (nSPS) is 18.2. The van der Waals surface area contributed by atoms with E-state index in [1.807, 2.05) is 22.7 Å². The largest absolute Gasteiger partial charge is 1.00 e. The van der Waals surface area contributed by atoms with Crippen molar-refractivity contribution in [3.8, 4) is 11.5 Å². The van der Waals surface area contributed by atoms with Crippen LogP contribution >= 0.6 is 11.3 Å². The molecule has 1 aliphatic heterocycles. The predicted octanol–water partition coefficient (Wildman–Crippen LogP) is -2.28. The van der Waals surface area contributed by atoms with Crippen molar-refractivity contribution in [3.63, 3.8) is 0 Å². The number of hydrogen-bond acceptors (Lipinski definition) is 7. The SMILES string of the molecule is CN(CCCS(=O)(=O)[O-])C1COc2cscc2O1.[Na+]. The average Bonchev–Trinajstić information content (AvgIpc) is 2.73. The molecule has 0 saturated carbocycles. The van der Waals surface area contributed by atoms with E-state index in [4.69, 9.17) is 9.47 Å². The molecule has 1 aliphatic rings. The standard InChI is InChI=1S/C10H15NO5S2.Na/c1-11(3-2-4-18(12,13)14)10-5-15-8-6-17-7-9(8)16-10;/h6-7,10H,2-5H2,1H3,(H,12,13,14);/q;+1/p-1. The number of rotatable bonds is 5. The summed E-state index contributed by atoms with van der Waals surface area (Å²) in [5.74, 6) is 1.10. The zero-order chi connectivity index (χ0) is 13.2. The molecule has 0 aromatic carbocycles. The van der Waals surface area contributed by atoms with E-state index in [0.717, 1.165) is 5.75 Å². The summed E-state index contributed by atoms with van der Waals surface area (Å²) in [7, 11) is -2.33. The molecule has 0 spiro atoms. The van der Waals surface area contributed by atoms with E-state index in [-0.39, 0.29) is 41.5 Å². The summed E-state index contributed by atoms with van der Waals surface area (Å²) >= 11 is 1.50. The van der Waals surface area contributed by atoms with Crippen LogP contribution in [0.25, 0.3) is 0 Å². The van der Waals surface area contributed by atoms with Gasteiger partial charge in [0.1, 0.15) is 6.61 Å². The maximum atomic E-state index is 10.5. The maximum absolute atomic E-state index is 10.5. The summed E-state index contributed by atoms with van der Waals surface area (Å²) in [6.07, 6.45) is 0.0417. The first kappa shape index (κ1) is 17.2. The second-order valence-corrected chi connectivity index (χ2v) is 6.35. The molecule has 2 rings (SSSR count). The van der Waals surface area contributed by atoms with Crippen LogP contribution < -0.4 is 39.0 Å². The van der Waals surface area contributed by atoms with Crippen LogP contribution in [0.15, 0.2) is 10.8 Å². The van der Waals surface area contributed by atoms with Crippen LogP contribution in [0.5, 0.6) is 11.5 Å². The van der Waals surface area contributed by atoms with Crippen molar-refractivity contribution in [3.05, 3.63) is 10.8 Å². The summed E-state index contributed by atoms with van der Waals surface area (Å²) in [4.78, 5) is 1.84. The molecule has 0 bridgehead atoms. The van der Waals surface area contributed by atoms with Gasteiger partial charge in [-0.05, 0) is 13.5 Å². The molecule has 102 valence electrons. The van der Waals surface area contributed by atoms with Gasteiger partial charge in [0.15, 0.2) is 17.7 Å². The molecule has 0 fully saturated rings. The zero-order valence-electron chi connectivity index (χ0n) is 10.9. The fourth-order valence-electron chi connectivity index (χ4n) is 1.66. The third kappa shape index (κ3) is 5.22. The number of likely N-dealkylation sites (N-methyl/N-ethyl adjacent to an activating group) is 1. The molecule has 1 aromatic rings. The third-order valence-corrected chi connectivity index (χ3v) is 4.12. The van der Waals surface area contributed by atoms with E-state index in [9.17, 15) is 13.0 Å².